The molecule has 0 N–H and O–H groups in total. The van der Waals surface area contributed by atoms with Gasteiger partial charge in [-0.15, -0.1) is 0 Å². The van der Waals surface area contributed by atoms with Gasteiger partial charge >= 0.3 is 6.09 Å². The van der Waals surface area contributed by atoms with E-state index < -0.39 is 44.0 Å². The predicted octanol–water partition coefficient (Wildman–Crippen LogP) is 3.88. The minimum atomic E-state index is -4.12. The summed E-state index contributed by atoms with van der Waals surface area (Å²) in [6.07, 6.45) is -0.340. The number of hydrogen-bond acceptors (Lipinski definition) is 5. The summed E-state index contributed by atoms with van der Waals surface area (Å²) in [5.74, 6) is -1.03. The number of benzene rings is 2. The van der Waals surface area contributed by atoms with E-state index in [0.717, 1.165) is 15.9 Å². The van der Waals surface area contributed by atoms with Gasteiger partial charge < -0.3 is 9.64 Å². The van der Waals surface area contributed by atoms with Gasteiger partial charge in [0.1, 0.15) is 22.7 Å². The van der Waals surface area contributed by atoms with E-state index in [9.17, 15) is 22.4 Å². The zero-order valence-corrected chi connectivity index (χ0v) is 19.6. The molecule has 0 saturated carbocycles. The summed E-state index contributed by atoms with van der Waals surface area (Å²) in [5.41, 5.74) is -0.435. The normalized spacial score (nSPS) is 25.9. The van der Waals surface area contributed by atoms with Gasteiger partial charge in [-0.3, -0.25) is 9.10 Å². The van der Waals surface area contributed by atoms with E-state index in [2.05, 4.69) is 0 Å². The number of halogens is 1. The first-order valence-electron chi connectivity index (χ1n) is 10.8. The first kappa shape index (κ1) is 23.2. The van der Waals surface area contributed by atoms with Gasteiger partial charge in [0.15, 0.2) is 5.78 Å². The van der Waals surface area contributed by atoms with Crippen LogP contribution in [0.1, 0.15) is 39.2 Å². The molecule has 0 aromatic heterocycles. The molecule has 2 unspecified atom stereocenters. The van der Waals surface area contributed by atoms with E-state index in [1.165, 1.54) is 36.9 Å². The summed E-state index contributed by atoms with van der Waals surface area (Å²) < 4.78 is 45.8. The SMILES string of the molecule is CC1CC2(CCN1C(=O)OCc1ccccc1)C(=O)C(C)(C)S(=O)(=O)N2c1cccc(F)c1. The average Bonchev–Trinajstić information content (AvgIpc) is 2.87. The standard InChI is InChI=1S/C24H27FN2O5S/c1-17-15-24(12-13-26(17)22(29)32-16-18-8-5-4-6-9-18)21(28)23(2,3)33(30,31)27(24)20-11-7-10-19(25)14-20/h4-11,14,17H,12-13,15-16H2,1-3H3. The maximum absolute atomic E-state index is 14.0. The highest BCUT2D eigenvalue weighted by Gasteiger charge is 2.68. The lowest BCUT2D eigenvalue weighted by Gasteiger charge is -2.45. The number of anilines is 1. The Balaban J connectivity index is 1.62. The van der Waals surface area contributed by atoms with Crippen molar-refractivity contribution in [3.63, 3.8) is 0 Å². The lowest BCUT2D eigenvalue weighted by Crippen LogP contribution is -2.60. The highest BCUT2D eigenvalue weighted by atomic mass is 32.2. The van der Waals surface area contributed by atoms with Gasteiger partial charge in [0, 0.05) is 12.6 Å². The van der Waals surface area contributed by atoms with Gasteiger partial charge in [0.25, 0.3) is 0 Å². The van der Waals surface area contributed by atoms with Crippen LogP contribution < -0.4 is 4.31 Å². The van der Waals surface area contributed by atoms with Crippen LogP contribution in [0.15, 0.2) is 54.6 Å². The number of carbonyl (C=O) groups excluding carboxylic acids is 2. The van der Waals surface area contributed by atoms with E-state index in [-0.39, 0.29) is 31.7 Å². The van der Waals surface area contributed by atoms with Crippen molar-refractivity contribution in [1.29, 1.82) is 0 Å². The number of rotatable bonds is 3. The van der Waals surface area contributed by atoms with E-state index in [1.54, 1.807) is 6.92 Å². The summed E-state index contributed by atoms with van der Waals surface area (Å²) >= 11 is 0. The molecule has 2 aliphatic rings. The zero-order chi connectivity index (χ0) is 24.0. The molecule has 2 atom stereocenters. The van der Waals surface area contributed by atoms with Crippen LogP contribution in [-0.2, 0) is 26.2 Å². The molecule has 9 heteroatoms. The Kier molecular flexibility index (Phi) is 5.72. The molecule has 33 heavy (non-hydrogen) atoms. The first-order chi connectivity index (χ1) is 15.5. The number of carbonyl (C=O) groups is 2. The Morgan fingerprint density at radius 3 is 2.48 bits per heavy atom. The first-order valence-corrected chi connectivity index (χ1v) is 12.3. The lowest BCUT2D eigenvalue weighted by atomic mass is 9.76. The Hall–Kier alpha value is -2.94. The number of hydrogen-bond donors (Lipinski definition) is 0. The molecule has 7 nitrogen and oxygen atoms in total. The molecule has 2 saturated heterocycles. The van der Waals surface area contributed by atoms with Gasteiger partial charge in [-0.2, -0.15) is 0 Å². The number of amides is 1. The van der Waals surface area contributed by atoms with Crippen molar-refractivity contribution in [2.45, 2.75) is 56.5 Å². The van der Waals surface area contributed by atoms with Crippen molar-refractivity contribution in [3.8, 4) is 0 Å². The number of ether oxygens (including phenoxy) is 1. The third kappa shape index (κ3) is 3.68. The van der Waals surface area contributed by atoms with Crippen molar-refractivity contribution in [1.82, 2.24) is 4.90 Å². The van der Waals surface area contributed by atoms with Gasteiger partial charge in [-0.1, -0.05) is 36.4 Å². The minimum absolute atomic E-state index is 0.0887. The van der Waals surface area contributed by atoms with E-state index in [1.807, 2.05) is 30.3 Å². The van der Waals surface area contributed by atoms with Crippen LogP contribution in [0.3, 0.4) is 0 Å². The quantitative estimate of drug-likeness (QED) is 0.674. The lowest BCUT2D eigenvalue weighted by molar-refractivity contribution is -0.126. The number of nitrogens with zero attached hydrogens (tertiary/aromatic N) is 2. The van der Waals surface area contributed by atoms with E-state index >= 15 is 0 Å². The largest absolute Gasteiger partial charge is 0.445 e. The summed E-state index contributed by atoms with van der Waals surface area (Å²) in [7, 11) is -4.12. The molecule has 1 spiro atoms. The monoisotopic (exact) mass is 474 g/mol. The van der Waals surface area contributed by atoms with Crippen LogP contribution in [0, 0.1) is 5.82 Å². The highest BCUT2D eigenvalue weighted by Crippen LogP contribution is 2.49. The van der Waals surface area contributed by atoms with Crippen molar-refractivity contribution >= 4 is 27.6 Å². The van der Waals surface area contributed by atoms with Crippen LogP contribution in [0.2, 0.25) is 0 Å². The van der Waals surface area contributed by atoms with Crippen molar-refractivity contribution in [2.75, 3.05) is 10.8 Å². The highest BCUT2D eigenvalue weighted by molar-refractivity contribution is 7.95. The van der Waals surface area contributed by atoms with Crippen LogP contribution in [-0.4, -0.2) is 48.1 Å². The topological polar surface area (TPSA) is 84.0 Å². The molecule has 176 valence electrons. The number of sulfonamides is 1. The molecule has 2 aromatic carbocycles. The molecule has 1 amide bonds. The van der Waals surface area contributed by atoms with Crippen LogP contribution in [0.4, 0.5) is 14.9 Å². The van der Waals surface area contributed by atoms with Gasteiger partial charge in [-0.05, 0) is 57.4 Å². The molecule has 0 bridgehead atoms. The van der Waals surface area contributed by atoms with Crippen molar-refractivity contribution in [2.24, 2.45) is 0 Å². The fraction of sp³-hybridized carbons (Fsp3) is 0.417. The summed E-state index contributed by atoms with van der Waals surface area (Å²) in [6, 6.07) is 14.1. The maximum atomic E-state index is 14.0. The van der Waals surface area contributed by atoms with Crippen LogP contribution in [0.5, 0.6) is 0 Å². The van der Waals surface area contributed by atoms with Crippen LogP contribution in [0.25, 0.3) is 0 Å². The molecule has 0 radical (unpaired) electrons. The molecule has 4 rings (SSSR count). The predicted molar refractivity (Wildman–Crippen MR) is 122 cm³/mol. The van der Waals surface area contributed by atoms with Gasteiger partial charge in [0.2, 0.25) is 10.0 Å². The Morgan fingerprint density at radius 2 is 1.85 bits per heavy atom. The Labute approximate surface area is 193 Å². The minimum Gasteiger partial charge on any atom is -0.445 e. The fourth-order valence-corrected chi connectivity index (χ4v) is 6.89. The average molecular weight is 475 g/mol. The summed E-state index contributed by atoms with van der Waals surface area (Å²) in [6.45, 7) is 4.79. The van der Waals surface area contributed by atoms with E-state index in [0.29, 0.717) is 0 Å². The fourth-order valence-electron chi connectivity index (χ4n) is 4.91. The summed E-state index contributed by atoms with van der Waals surface area (Å²) in [4.78, 5) is 27.8. The zero-order valence-electron chi connectivity index (χ0n) is 18.8. The van der Waals surface area contributed by atoms with Crippen molar-refractivity contribution < 1.29 is 27.1 Å². The number of likely N-dealkylation sites (tertiary alicyclic amines) is 1. The second kappa shape index (κ2) is 8.13. The molecule has 2 fully saturated rings. The number of Topliss-reactive ketones (excluding diaryl/α,β-unsaturated/α-hetero) is 1. The Bertz CT molecular complexity index is 1180. The third-order valence-electron chi connectivity index (χ3n) is 6.66. The molecule has 2 aromatic rings. The van der Waals surface area contributed by atoms with Crippen LogP contribution >= 0.6 is 0 Å². The maximum Gasteiger partial charge on any atom is 0.410 e. The smallest absolute Gasteiger partial charge is 0.410 e. The Morgan fingerprint density at radius 1 is 1.15 bits per heavy atom. The molecular weight excluding hydrogens is 447 g/mol. The molecule has 0 aliphatic carbocycles. The second-order valence-electron chi connectivity index (χ2n) is 9.16. The second-order valence-corrected chi connectivity index (χ2v) is 11.5. The molecule has 2 aliphatic heterocycles. The molecule has 2 heterocycles. The number of piperidine rings is 1. The van der Waals surface area contributed by atoms with Gasteiger partial charge in [0.05, 0.1) is 5.69 Å². The van der Waals surface area contributed by atoms with Gasteiger partial charge in [-0.25, -0.2) is 17.6 Å². The number of ketones is 1. The summed E-state index contributed by atoms with van der Waals surface area (Å²) in [5, 5.41) is 0. The third-order valence-corrected chi connectivity index (χ3v) is 9.17. The van der Waals surface area contributed by atoms with E-state index in [4.69, 9.17) is 4.74 Å². The molecular formula is C24H27FN2O5S. The van der Waals surface area contributed by atoms with Crippen molar-refractivity contribution in [3.05, 3.63) is 66.0 Å².